The number of aromatic amines is 1. The van der Waals surface area contributed by atoms with Gasteiger partial charge < -0.3 is 4.90 Å². The minimum Gasteiger partial charge on any atom is -0.305 e. The highest BCUT2D eigenvalue weighted by atomic mass is 19.4. The van der Waals surface area contributed by atoms with Gasteiger partial charge in [-0.25, -0.2) is 0 Å². The van der Waals surface area contributed by atoms with Crippen LogP contribution in [-0.4, -0.2) is 41.4 Å². The second-order valence-electron chi connectivity index (χ2n) is 4.87. The van der Waals surface area contributed by atoms with Crippen molar-refractivity contribution in [3.8, 4) is 0 Å². The minimum atomic E-state index is -4.12. The van der Waals surface area contributed by atoms with E-state index in [2.05, 4.69) is 10.2 Å². The van der Waals surface area contributed by atoms with Crippen molar-refractivity contribution in [3.05, 3.63) is 17.0 Å². The van der Waals surface area contributed by atoms with E-state index < -0.39 is 12.1 Å². The molecule has 0 saturated heterocycles. The van der Waals surface area contributed by atoms with Crippen molar-refractivity contribution in [3.63, 3.8) is 0 Å². The first-order valence-corrected chi connectivity index (χ1v) is 5.97. The number of hydrogen-bond acceptors (Lipinski definition) is 2. The molecule has 0 radical (unpaired) electrons. The normalized spacial score (nSPS) is 14.2. The Morgan fingerprint density at radius 3 is 2.39 bits per heavy atom. The molecule has 0 aromatic carbocycles. The molecule has 0 bridgehead atoms. The lowest BCUT2D eigenvalue weighted by Crippen LogP contribution is -2.34. The standard InChI is InChI=1S/C12H20F3N3/c1-8(12(13,14)15)7-18(4)6-5-11-9(2)16-17-10(11)3/h8H,5-7H2,1-4H3,(H,16,17)/t8-/m0/s1. The van der Waals surface area contributed by atoms with Gasteiger partial charge in [0.05, 0.1) is 11.6 Å². The first kappa shape index (κ1) is 15.0. The minimum absolute atomic E-state index is 0.0272. The molecule has 0 aliphatic heterocycles. The van der Waals surface area contributed by atoms with E-state index in [1.165, 1.54) is 6.92 Å². The van der Waals surface area contributed by atoms with Crippen molar-refractivity contribution in [1.29, 1.82) is 0 Å². The Kier molecular flexibility index (Phi) is 4.78. The molecule has 3 nitrogen and oxygen atoms in total. The van der Waals surface area contributed by atoms with E-state index in [-0.39, 0.29) is 6.54 Å². The number of nitrogens with zero attached hydrogens (tertiary/aromatic N) is 2. The van der Waals surface area contributed by atoms with Crippen molar-refractivity contribution in [2.45, 2.75) is 33.4 Å². The van der Waals surface area contributed by atoms with E-state index in [4.69, 9.17) is 0 Å². The fraction of sp³-hybridized carbons (Fsp3) is 0.750. The average Bonchev–Trinajstić information content (AvgIpc) is 2.54. The van der Waals surface area contributed by atoms with Gasteiger partial charge in [-0.15, -0.1) is 0 Å². The predicted molar refractivity (Wildman–Crippen MR) is 64.5 cm³/mol. The van der Waals surface area contributed by atoms with Crippen LogP contribution in [0.25, 0.3) is 0 Å². The second-order valence-corrected chi connectivity index (χ2v) is 4.87. The molecule has 0 spiro atoms. The van der Waals surface area contributed by atoms with E-state index in [0.717, 1.165) is 23.4 Å². The second kappa shape index (κ2) is 5.73. The SMILES string of the molecule is Cc1n[nH]c(C)c1CCN(C)C[C@H](C)C(F)(F)F. The smallest absolute Gasteiger partial charge is 0.305 e. The first-order chi connectivity index (χ1) is 8.21. The predicted octanol–water partition coefficient (Wildman–Crippen LogP) is 2.70. The van der Waals surface area contributed by atoms with Crippen LogP contribution in [0.15, 0.2) is 0 Å². The van der Waals surface area contributed by atoms with Gasteiger partial charge in [0.2, 0.25) is 0 Å². The molecule has 18 heavy (non-hydrogen) atoms. The van der Waals surface area contributed by atoms with Crippen LogP contribution in [0.4, 0.5) is 13.2 Å². The van der Waals surface area contributed by atoms with E-state index in [0.29, 0.717) is 6.54 Å². The fourth-order valence-corrected chi connectivity index (χ4v) is 1.91. The van der Waals surface area contributed by atoms with Gasteiger partial charge >= 0.3 is 6.18 Å². The summed E-state index contributed by atoms with van der Waals surface area (Å²) < 4.78 is 37.2. The molecule has 0 saturated carbocycles. The Morgan fingerprint density at radius 2 is 1.94 bits per heavy atom. The summed E-state index contributed by atoms with van der Waals surface area (Å²) in [6.45, 7) is 5.66. The molecule has 1 heterocycles. The first-order valence-electron chi connectivity index (χ1n) is 5.97. The largest absolute Gasteiger partial charge is 0.392 e. The van der Waals surface area contributed by atoms with Crippen molar-refractivity contribution in [2.75, 3.05) is 20.1 Å². The van der Waals surface area contributed by atoms with Crippen molar-refractivity contribution in [1.82, 2.24) is 15.1 Å². The highest BCUT2D eigenvalue weighted by Gasteiger charge is 2.36. The van der Waals surface area contributed by atoms with Gasteiger partial charge in [0.15, 0.2) is 0 Å². The van der Waals surface area contributed by atoms with Crippen LogP contribution < -0.4 is 0 Å². The summed E-state index contributed by atoms with van der Waals surface area (Å²) >= 11 is 0. The Morgan fingerprint density at radius 1 is 1.33 bits per heavy atom. The Bertz CT molecular complexity index is 365. The van der Waals surface area contributed by atoms with Crippen LogP contribution in [0.2, 0.25) is 0 Å². The summed E-state index contributed by atoms with van der Waals surface area (Å²) in [5.74, 6) is -1.30. The highest BCUT2D eigenvalue weighted by Crippen LogP contribution is 2.26. The molecule has 1 atom stereocenters. The number of hydrogen-bond donors (Lipinski definition) is 1. The molecular weight excluding hydrogens is 243 g/mol. The third kappa shape index (κ3) is 4.01. The summed E-state index contributed by atoms with van der Waals surface area (Å²) in [6, 6.07) is 0. The van der Waals surface area contributed by atoms with Crippen LogP contribution in [0.1, 0.15) is 23.9 Å². The van der Waals surface area contributed by atoms with Crippen molar-refractivity contribution < 1.29 is 13.2 Å². The van der Waals surface area contributed by atoms with Crippen LogP contribution >= 0.6 is 0 Å². The van der Waals surface area contributed by atoms with Gasteiger partial charge in [0.1, 0.15) is 0 Å². The van der Waals surface area contributed by atoms with Gasteiger partial charge in [0.25, 0.3) is 0 Å². The summed E-state index contributed by atoms with van der Waals surface area (Å²) in [5, 5.41) is 6.95. The number of aromatic nitrogens is 2. The number of likely N-dealkylation sites (N-methyl/N-ethyl adjacent to an activating group) is 1. The summed E-state index contributed by atoms with van der Waals surface area (Å²) in [4.78, 5) is 1.71. The molecule has 1 rings (SSSR count). The fourth-order valence-electron chi connectivity index (χ4n) is 1.91. The van der Waals surface area contributed by atoms with Gasteiger partial charge in [-0.1, -0.05) is 6.92 Å². The molecule has 0 amide bonds. The van der Waals surface area contributed by atoms with Crippen LogP contribution in [-0.2, 0) is 6.42 Å². The highest BCUT2D eigenvalue weighted by molar-refractivity contribution is 5.23. The zero-order valence-electron chi connectivity index (χ0n) is 11.2. The van der Waals surface area contributed by atoms with Gasteiger partial charge in [-0.3, -0.25) is 5.10 Å². The molecule has 0 unspecified atom stereocenters. The molecule has 1 aromatic heterocycles. The average molecular weight is 263 g/mol. The number of rotatable bonds is 5. The number of H-pyrrole nitrogens is 1. The summed E-state index contributed by atoms with van der Waals surface area (Å²) in [5.41, 5.74) is 3.01. The van der Waals surface area contributed by atoms with E-state index in [1.807, 2.05) is 13.8 Å². The van der Waals surface area contributed by atoms with Gasteiger partial charge in [-0.05, 0) is 32.9 Å². The van der Waals surface area contributed by atoms with E-state index in [1.54, 1.807) is 11.9 Å². The van der Waals surface area contributed by atoms with Crippen LogP contribution in [0.3, 0.4) is 0 Å². The lowest BCUT2D eigenvalue weighted by molar-refractivity contribution is -0.173. The van der Waals surface area contributed by atoms with E-state index in [9.17, 15) is 13.2 Å². The maximum atomic E-state index is 12.4. The van der Waals surface area contributed by atoms with Gasteiger partial charge in [-0.2, -0.15) is 18.3 Å². The maximum absolute atomic E-state index is 12.4. The molecule has 0 fully saturated rings. The monoisotopic (exact) mass is 263 g/mol. The molecule has 0 aliphatic rings. The number of halogens is 3. The Hall–Kier alpha value is -1.04. The Labute approximate surface area is 105 Å². The lowest BCUT2D eigenvalue weighted by atomic mass is 10.1. The quantitative estimate of drug-likeness (QED) is 0.885. The van der Waals surface area contributed by atoms with Gasteiger partial charge in [0, 0.05) is 18.8 Å². The summed E-state index contributed by atoms with van der Waals surface area (Å²) in [7, 11) is 1.72. The lowest BCUT2D eigenvalue weighted by Gasteiger charge is -2.23. The zero-order chi connectivity index (χ0) is 13.9. The third-order valence-corrected chi connectivity index (χ3v) is 3.17. The van der Waals surface area contributed by atoms with Crippen LogP contribution in [0, 0.1) is 19.8 Å². The third-order valence-electron chi connectivity index (χ3n) is 3.17. The Balaban J connectivity index is 2.45. The molecule has 0 aliphatic carbocycles. The molecule has 6 heteroatoms. The zero-order valence-corrected chi connectivity index (χ0v) is 11.2. The number of aryl methyl sites for hydroxylation is 2. The molecule has 1 N–H and O–H groups in total. The molecule has 104 valence electrons. The van der Waals surface area contributed by atoms with Crippen LogP contribution in [0.5, 0.6) is 0 Å². The maximum Gasteiger partial charge on any atom is 0.392 e. The van der Waals surface area contributed by atoms with Crippen molar-refractivity contribution >= 4 is 0 Å². The number of alkyl halides is 3. The topological polar surface area (TPSA) is 31.9 Å². The molecular formula is C12H20F3N3. The summed E-state index contributed by atoms with van der Waals surface area (Å²) in [6.07, 6.45) is -3.40. The number of nitrogens with one attached hydrogen (secondary N) is 1. The van der Waals surface area contributed by atoms with Crippen molar-refractivity contribution in [2.24, 2.45) is 5.92 Å². The van der Waals surface area contributed by atoms with E-state index >= 15 is 0 Å². The molecule has 1 aromatic rings.